The number of benzene rings is 2. The molecule has 0 saturated heterocycles. The number of rotatable bonds is 6. The highest BCUT2D eigenvalue weighted by Gasteiger charge is 2.10. The second-order valence-corrected chi connectivity index (χ2v) is 6.70. The Labute approximate surface area is 156 Å². The summed E-state index contributed by atoms with van der Waals surface area (Å²) in [5.74, 6) is -0.0776. The number of nitrogens with one attached hydrogen (secondary N) is 1. The summed E-state index contributed by atoms with van der Waals surface area (Å²) in [6.07, 6.45) is 1.59. The molecule has 0 atom stereocenters. The number of para-hydroxylation sites is 1. The lowest BCUT2D eigenvalue weighted by Crippen LogP contribution is -2.20. The molecule has 3 rings (SSSR count). The highest BCUT2D eigenvalue weighted by molar-refractivity contribution is 9.10. The van der Waals surface area contributed by atoms with Gasteiger partial charge in [-0.25, -0.2) is 5.43 Å². The molecule has 0 spiro atoms. The number of aromatic nitrogens is 4. The van der Waals surface area contributed by atoms with Crippen molar-refractivity contribution in [1.29, 1.82) is 0 Å². The van der Waals surface area contributed by atoms with E-state index in [2.05, 4.69) is 42.0 Å². The minimum atomic E-state index is -0.235. The van der Waals surface area contributed by atoms with E-state index in [4.69, 9.17) is 0 Å². The number of hydrazone groups is 1. The van der Waals surface area contributed by atoms with E-state index in [1.54, 1.807) is 10.9 Å². The number of tetrazole rings is 1. The molecule has 0 unspecified atom stereocenters. The lowest BCUT2D eigenvalue weighted by molar-refractivity contribution is -0.118. The molecular weight excluding hydrogens is 404 g/mol. The standard InChI is InChI=1S/C16H13BrN6OS/c17-13-8-6-12(7-9-13)10-18-19-15(24)11-25-16-20-21-22-23(16)14-4-2-1-3-5-14/h1-10H,11H2,(H,19,24)/b18-10+. The van der Waals surface area contributed by atoms with Crippen molar-refractivity contribution in [3.8, 4) is 5.69 Å². The maximum absolute atomic E-state index is 11.9. The predicted octanol–water partition coefficient (Wildman–Crippen LogP) is 2.67. The summed E-state index contributed by atoms with van der Waals surface area (Å²) >= 11 is 4.60. The minimum absolute atomic E-state index is 0.158. The summed E-state index contributed by atoms with van der Waals surface area (Å²) in [6.45, 7) is 0. The number of nitrogens with zero attached hydrogens (tertiary/aromatic N) is 5. The van der Waals surface area contributed by atoms with Crippen molar-refractivity contribution >= 4 is 39.8 Å². The maximum atomic E-state index is 11.9. The summed E-state index contributed by atoms with van der Waals surface area (Å²) in [7, 11) is 0. The highest BCUT2D eigenvalue weighted by Crippen LogP contribution is 2.17. The summed E-state index contributed by atoms with van der Waals surface area (Å²) in [4.78, 5) is 11.9. The fraction of sp³-hybridized carbons (Fsp3) is 0.0625. The van der Waals surface area contributed by atoms with Crippen LogP contribution < -0.4 is 5.43 Å². The van der Waals surface area contributed by atoms with Crippen molar-refractivity contribution in [2.45, 2.75) is 5.16 Å². The van der Waals surface area contributed by atoms with Crippen LogP contribution in [0.2, 0.25) is 0 Å². The van der Waals surface area contributed by atoms with Gasteiger partial charge in [-0.1, -0.05) is 58.0 Å². The van der Waals surface area contributed by atoms with Gasteiger partial charge in [-0.3, -0.25) is 4.79 Å². The zero-order valence-corrected chi connectivity index (χ0v) is 15.3. The van der Waals surface area contributed by atoms with E-state index in [-0.39, 0.29) is 11.7 Å². The zero-order valence-electron chi connectivity index (χ0n) is 12.9. The Morgan fingerprint density at radius 2 is 1.96 bits per heavy atom. The van der Waals surface area contributed by atoms with Gasteiger partial charge in [0, 0.05) is 4.47 Å². The van der Waals surface area contributed by atoms with Crippen LogP contribution in [-0.2, 0) is 4.79 Å². The van der Waals surface area contributed by atoms with Crippen molar-refractivity contribution in [2.24, 2.45) is 5.10 Å². The molecule has 126 valence electrons. The Hall–Kier alpha value is -2.52. The van der Waals surface area contributed by atoms with Crippen molar-refractivity contribution in [3.63, 3.8) is 0 Å². The molecule has 1 amide bonds. The fourth-order valence-electron chi connectivity index (χ4n) is 1.89. The third kappa shape index (κ3) is 4.97. The van der Waals surface area contributed by atoms with Crippen LogP contribution in [-0.4, -0.2) is 38.1 Å². The van der Waals surface area contributed by atoms with Crippen LogP contribution in [0.15, 0.2) is 69.3 Å². The van der Waals surface area contributed by atoms with Gasteiger partial charge in [0.15, 0.2) is 0 Å². The second-order valence-electron chi connectivity index (χ2n) is 4.84. The van der Waals surface area contributed by atoms with Gasteiger partial charge in [0.05, 0.1) is 17.7 Å². The highest BCUT2D eigenvalue weighted by atomic mass is 79.9. The third-order valence-corrected chi connectivity index (χ3v) is 4.49. The average molecular weight is 417 g/mol. The molecule has 0 aliphatic heterocycles. The van der Waals surface area contributed by atoms with Crippen LogP contribution in [0.3, 0.4) is 0 Å². The van der Waals surface area contributed by atoms with Gasteiger partial charge in [0.1, 0.15) is 0 Å². The Kier molecular flexibility index (Phi) is 5.91. The Balaban J connectivity index is 1.53. The quantitative estimate of drug-likeness (QED) is 0.379. The zero-order chi connectivity index (χ0) is 17.5. The van der Waals surface area contributed by atoms with Crippen molar-refractivity contribution < 1.29 is 4.79 Å². The normalized spacial score (nSPS) is 10.9. The van der Waals surface area contributed by atoms with Crippen LogP contribution in [0.25, 0.3) is 5.69 Å². The van der Waals surface area contributed by atoms with E-state index >= 15 is 0 Å². The monoisotopic (exact) mass is 416 g/mol. The first-order valence-corrected chi connectivity index (χ1v) is 9.04. The lowest BCUT2D eigenvalue weighted by Gasteiger charge is -2.03. The molecule has 0 bridgehead atoms. The maximum Gasteiger partial charge on any atom is 0.250 e. The van der Waals surface area contributed by atoms with Crippen LogP contribution in [0.1, 0.15) is 5.56 Å². The van der Waals surface area contributed by atoms with E-state index in [1.165, 1.54) is 11.8 Å². The van der Waals surface area contributed by atoms with Gasteiger partial charge in [-0.2, -0.15) is 9.78 Å². The first-order valence-electron chi connectivity index (χ1n) is 7.26. The van der Waals surface area contributed by atoms with E-state index in [0.717, 1.165) is 15.7 Å². The van der Waals surface area contributed by atoms with E-state index in [1.807, 2.05) is 54.6 Å². The Morgan fingerprint density at radius 1 is 1.20 bits per heavy atom. The van der Waals surface area contributed by atoms with E-state index in [9.17, 15) is 4.79 Å². The number of halogens is 1. The minimum Gasteiger partial charge on any atom is -0.272 e. The fourth-order valence-corrected chi connectivity index (χ4v) is 2.84. The summed E-state index contributed by atoms with van der Waals surface area (Å²) in [6, 6.07) is 17.1. The van der Waals surface area contributed by atoms with Gasteiger partial charge in [-0.05, 0) is 40.3 Å². The van der Waals surface area contributed by atoms with Crippen LogP contribution in [0, 0.1) is 0 Å². The van der Waals surface area contributed by atoms with Crippen LogP contribution >= 0.6 is 27.7 Å². The SMILES string of the molecule is O=C(CSc1nnnn1-c1ccccc1)N/N=C/c1ccc(Br)cc1. The second kappa shape index (κ2) is 8.54. The first-order chi connectivity index (χ1) is 12.2. The first kappa shape index (κ1) is 17.3. The number of carbonyl (C=O) groups is 1. The van der Waals surface area contributed by atoms with Gasteiger partial charge >= 0.3 is 0 Å². The van der Waals surface area contributed by atoms with Crippen LogP contribution in [0.5, 0.6) is 0 Å². The van der Waals surface area contributed by atoms with Crippen molar-refractivity contribution in [3.05, 3.63) is 64.6 Å². The molecule has 7 nitrogen and oxygen atoms in total. The van der Waals surface area contributed by atoms with Crippen molar-refractivity contribution in [2.75, 3.05) is 5.75 Å². The molecule has 2 aromatic carbocycles. The molecule has 0 aliphatic rings. The predicted molar refractivity (Wildman–Crippen MR) is 99.8 cm³/mol. The number of hydrogen-bond acceptors (Lipinski definition) is 6. The van der Waals surface area contributed by atoms with Gasteiger partial charge in [0.2, 0.25) is 5.16 Å². The lowest BCUT2D eigenvalue weighted by atomic mass is 10.2. The molecule has 1 N–H and O–H groups in total. The molecule has 0 saturated carbocycles. The largest absolute Gasteiger partial charge is 0.272 e. The molecular formula is C16H13BrN6OS. The van der Waals surface area contributed by atoms with E-state index < -0.39 is 0 Å². The van der Waals surface area contributed by atoms with Crippen molar-refractivity contribution in [1.82, 2.24) is 25.6 Å². The number of thioether (sulfide) groups is 1. The summed E-state index contributed by atoms with van der Waals surface area (Å²) in [5.41, 5.74) is 4.22. The van der Waals surface area contributed by atoms with Gasteiger partial charge in [0.25, 0.3) is 5.91 Å². The molecule has 0 aliphatic carbocycles. The van der Waals surface area contributed by atoms with Gasteiger partial charge < -0.3 is 0 Å². The van der Waals surface area contributed by atoms with Gasteiger partial charge in [-0.15, -0.1) is 5.10 Å². The van der Waals surface area contributed by atoms with Crippen LogP contribution in [0.4, 0.5) is 0 Å². The molecule has 0 fully saturated rings. The molecule has 25 heavy (non-hydrogen) atoms. The molecule has 3 aromatic rings. The number of carbonyl (C=O) groups excluding carboxylic acids is 1. The third-order valence-electron chi connectivity index (χ3n) is 3.05. The topological polar surface area (TPSA) is 85.1 Å². The van der Waals surface area contributed by atoms with E-state index in [0.29, 0.717) is 5.16 Å². The summed E-state index contributed by atoms with van der Waals surface area (Å²) < 4.78 is 2.57. The number of hydrogen-bond donors (Lipinski definition) is 1. The average Bonchev–Trinajstić information content (AvgIpc) is 3.11. The molecule has 1 aromatic heterocycles. The summed E-state index contributed by atoms with van der Waals surface area (Å²) in [5, 5.41) is 16.0. The number of amides is 1. The smallest absolute Gasteiger partial charge is 0.250 e. The molecule has 1 heterocycles. The molecule has 9 heteroatoms. The Bertz CT molecular complexity index is 866. The molecule has 0 radical (unpaired) electrons. The Morgan fingerprint density at radius 3 is 2.72 bits per heavy atom.